The second-order valence-corrected chi connectivity index (χ2v) is 4.52. The molecule has 2 aromatic heterocycles. The number of amides is 1. The highest BCUT2D eigenvalue weighted by atomic mass is 16.2. The molecule has 0 radical (unpaired) electrons. The Kier molecular flexibility index (Phi) is 3.99. The first-order valence-corrected chi connectivity index (χ1v) is 6.35. The molecule has 0 N–H and O–H groups in total. The van der Waals surface area contributed by atoms with E-state index >= 15 is 0 Å². The molecule has 0 aliphatic heterocycles. The summed E-state index contributed by atoms with van der Waals surface area (Å²) in [5.74, 6) is 0.0376. The first-order chi connectivity index (χ1) is 9.11. The van der Waals surface area contributed by atoms with Gasteiger partial charge in [0.15, 0.2) is 0 Å². The fourth-order valence-corrected chi connectivity index (χ4v) is 1.92. The molecule has 0 unspecified atom stereocenters. The lowest BCUT2D eigenvalue weighted by atomic mass is 10.3. The number of rotatable bonds is 5. The second kappa shape index (κ2) is 5.69. The maximum atomic E-state index is 12.1. The molecule has 0 aliphatic carbocycles. The fraction of sp³-hybridized carbons (Fsp3) is 0.462. The van der Waals surface area contributed by atoms with Crippen molar-refractivity contribution in [3.05, 3.63) is 35.9 Å². The summed E-state index contributed by atoms with van der Waals surface area (Å²) in [6.45, 7) is 5.61. The van der Waals surface area contributed by atoms with Gasteiger partial charge in [-0.15, -0.1) is 0 Å². The minimum absolute atomic E-state index is 0.0376. The van der Waals surface area contributed by atoms with Gasteiger partial charge in [0.2, 0.25) is 5.91 Å². The van der Waals surface area contributed by atoms with Crippen LogP contribution in [0.1, 0.15) is 18.3 Å². The molecule has 0 saturated carbocycles. The summed E-state index contributed by atoms with van der Waals surface area (Å²) in [5.41, 5.74) is 2.02. The lowest BCUT2D eigenvalue weighted by Gasteiger charge is -2.18. The number of hydrogen-bond acceptors (Lipinski definition) is 3. The highest BCUT2D eigenvalue weighted by Crippen LogP contribution is 2.04. The molecule has 0 aromatic carbocycles. The molecule has 2 rings (SSSR count). The lowest BCUT2D eigenvalue weighted by Crippen LogP contribution is -2.31. The molecule has 1 amide bonds. The Morgan fingerprint density at radius 1 is 1.26 bits per heavy atom. The first kappa shape index (κ1) is 13.3. The zero-order valence-corrected chi connectivity index (χ0v) is 11.6. The molecule has 0 saturated heterocycles. The van der Waals surface area contributed by atoms with Gasteiger partial charge in [-0.2, -0.15) is 10.2 Å². The molecule has 19 heavy (non-hydrogen) atoms. The normalized spacial score (nSPS) is 10.7. The lowest BCUT2D eigenvalue weighted by molar-refractivity contribution is -0.131. The number of aromatic nitrogens is 4. The van der Waals surface area contributed by atoms with Crippen LogP contribution < -0.4 is 0 Å². The van der Waals surface area contributed by atoms with Crippen LogP contribution in [0, 0.1) is 6.92 Å². The average molecular weight is 261 g/mol. The Morgan fingerprint density at radius 3 is 2.58 bits per heavy atom. The van der Waals surface area contributed by atoms with E-state index < -0.39 is 0 Å². The molecule has 6 heteroatoms. The van der Waals surface area contributed by atoms with Gasteiger partial charge in [0.05, 0.1) is 12.2 Å². The Morgan fingerprint density at radius 2 is 1.95 bits per heavy atom. The molecular weight excluding hydrogens is 242 g/mol. The Bertz CT molecular complexity index is 557. The Hall–Kier alpha value is -2.11. The number of hydrogen-bond donors (Lipinski definition) is 0. The maximum Gasteiger partial charge on any atom is 0.244 e. The highest BCUT2D eigenvalue weighted by molar-refractivity contribution is 5.75. The maximum absolute atomic E-state index is 12.1. The first-order valence-electron chi connectivity index (χ1n) is 6.35. The molecular formula is C13H19N5O. The van der Waals surface area contributed by atoms with E-state index in [0.29, 0.717) is 6.54 Å². The number of carbonyl (C=O) groups excluding carboxylic acids is 1. The van der Waals surface area contributed by atoms with Crippen molar-refractivity contribution < 1.29 is 4.79 Å². The van der Waals surface area contributed by atoms with Crippen LogP contribution in [0.3, 0.4) is 0 Å². The van der Waals surface area contributed by atoms with Gasteiger partial charge >= 0.3 is 0 Å². The van der Waals surface area contributed by atoms with Gasteiger partial charge in [0.25, 0.3) is 0 Å². The van der Waals surface area contributed by atoms with Crippen molar-refractivity contribution in [1.82, 2.24) is 24.5 Å². The largest absolute Gasteiger partial charge is 0.338 e. The van der Waals surface area contributed by atoms with E-state index in [4.69, 9.17) is 0 Å². The number of nitrogens with zero attached hydrogens (tertiary/aromatic N) is 5. The minimum Gasteiger partial charge on any atom is -0.338 e. The second-order valence-electron chi connectivity index (χ2n) is 4.52. The van der Waals surface area contributed by atoms with E-state index in [1.165, 1.54) is 0 Å². The minimum atomic E-state index is 0.0376. The third-order valence-electron chi connectivity index (χ3n) is 3.14. The van der Waals surface area contributed by atoms with Crippen molar-refractivity contribution in [2.24, 2.45) is 0 Å². The van der Waals surface area contributed by atoms with E-state index in [1.807, 2.05) is 30.7 Å². The van der Waals surface area contributed by atoms with Crippen LogP contribution in [0.5, 0.6) is 0 Å². The van der Waals surface area contributed by atoms with Crippen LogP contribution in [0.4, 0.5) is 0 Å². The zero-order chi connectivity index (χ0) is 13.8. The molecule has 0 aliphatic rings. The third kappa shape index (κ3) is 3.01. The quantitative estimate of drug-likeness (QED) is 0.809. The van der Waals surface area contributed by atoms with Crippen molar-refractivity contribution in [1.29, 1.82) is 0 Å². The fourth-order valence-electron chi connectivity index (χ4n) is 1.92. The van der Waals surface area contributed by atoms with Crippen molar-refractivity contribution in [2.45, 2.75) is 33.5 Å². The van der Waals surface area contributed by atoms with E-state index in [1.54, 1.807) is 29.0 Å². The topological polar surface area (TPSA) is 56.0 Å². The molecule has 6 nitrogen and oxygen atoms in total. The summed E-state index contributed by atoms with van der Waals surface area (Å²) in [6.07, 6.45) is 3.46. The van der Waals surface area contributed by atoms with E-state index in [9.17, 15) is 4.79 Å². The number of likely N-dealkylation sites (N-methyl/N-ethyl adjacent to an activating group) is 1. The van der Waals surface area contributed by atoms with Crippen LogP contribution in [-0.2, 0) is 24.4 Å². The van der Waals surface area contributed by atoms with Gasteiger partial charge < -0.3 is 4.90 Å². The number of aryl methyl sites for hydroxylation is 2. The molecule has 0 spiro atoms. The Labute approximate surface area is 112 Å². The van der Waals surface area contributed by atoms with Gasteiger partial charge in [0.1, 0.15) is 6.54 Å². The summed E-state index contributed by atoms with van der Waals surface area (Å²) >= 11 is 0. The molecule has 0 atom stereocenters. The standard InChI is InChI=1S/C13H19N5O/c1-4-17-12(6-8-14-17)9-16(3)13(19)10-18-11(2)5-7-15-18/h5-8H,4,9-10H2,1-3H3. The van der Waals surface area contributed by atoms with Crippen molar-refractivity contribution in [2.75, 3.05) is 7.05 Å². The molecule has 0 fully saturated rings. The van der Waals surface area contributed by atoms with Gasteiger partial charge in [-0.3, -0.25) is 14.2 Å². The van der Waals surface area contributed by atoms with E-state index in [2.05, 4.69) is 10.2 Å². The van der Waals surface area contributed by atoms with E-state index in [-0.39, 0.29) is 12.5 Å². The molecule has 102 valence electrons. The highest BCUT2D eigenvalue weighted by Gasteiger charge is 2.13. The molecule has 2 aromatic rings. The van der Waals surface area contributed by atoms with Gasteiger partial charge in [0, 0.05) is 31.7 Å². The van der Waals surface area contributed by atoms with Crippen LogP contribution in [-0.4, -0.2) is 37.4 Å². The third-order valence-corrected chi connectivity index (χ3v) is 3.14. The SMILES string of the molecule is CCn1nccc1CN(C)C(=O)Cn1nccc1C. The van der Waals surface area contributed by atoms with Crippen LogP contribution in [0.15, 0.2) is 24.5 Å². The molecule has 0 bridgehead atoms. The predicted octanol–water partition coefficient (Wildman–Crippen LogP) is 1.07. The van der Waals surface area contributed by atoms with Crippen LogP contribution in [0.25, 0.3) is 0 Å². The zero-order valence-electron chi connectivity index (χ0n) is 11.6. The summed E-state index contributed by atoms with van der Waals surface area (Å²) in [4.78, 5) is 13.8. The summed E-state index contributed by atoms with van der Waals surface area (Å²) < 4.78 is 3.60. The monoisotopic (exact) mass is 261 g/mol. The smallest absolute Gasteiger partial charge is 0.244 e. The average Bonchev–Trinajstić information content (AvgIpc) is 2.99. The van der Waals surface area contributed by atoms with Crippen molar-refractivity contribution >= 4 is 5.91 Å². The van der Waals surface area contributed by atoms with Crippen LogP contribution in [0.2, 0.25) is 0 Å². The van der Waals surface area contributed by atoms with Gasteiger partial charge in [-0.1, -0.05) is 0 Å². The molecule has 2 heterocycles. The predicted molar refractivity (Wildman–Crippen MR) is 71.3 cm³/mol. The van der Waals surface area contributed by atoms with Gasteiger partial charge in [-0.05, 0) is 26.0 Å². The van der Waals surface area contributed by atoms with Crippen molar-refractivity contribution in [3.63, 3.8) is 0 Å². The van der Waals surface area contributed by atoms with Gasteiger partial charge in [-0.25, -0.2) is 0 Å². The Balaban J connectivity index is 1.98. The summed E-state index contributed by atoms with van der Waals surface area (Å²) in [6, 6.07) is 3.83. The van der Waals surface area contributed by atoms with Crippen molar-refractivity contribution in [3.8, 4) is 0 Å². The summed E-state index contributed by atoms with van der Waals surface area (Å²) in [5, 5.41) is 8.32. The van der Waals surface area contributed by atoms with E-state index in [0.717, 1.165) is 17.9 Å². The summed E-state index contributed by atoms with van der Waals surface area (Å²) in [7, 11) is 1.80. The number of carbonyl (C=O) groups is 1. The van der Waals surface area contributed by atoms with Crippen LogP contribution >= 0.6 is 0 Å².